The summed E-state index contributed by atoms with van der Waals surface area (Å²) in [5.74, 6) is 1.76. The molecular formula is C57H34N4O2. The molecule has 13 aromatic rings. The lowest BCUT2D eigenvalue weighted by atomic mass is 9.97. The highest BCUT2D eigenvalue weighted by Gasteiger charge is 2.24. The van der Waals surface area contributed by atoms with Gasteiger partial charge in [-0.1, -0.05) is 152 Å². The van der Waals surface area contributed by atoms with Crippen LogP contribution in [0, 0.1) is 0 Å². The summed E-state index contributed by atoms with van der Waals surface area (Å²) in [5.41, 5.74) is 13.3. The third-order valence-corrected chi connectivity index (χ3v) is 12.3. The Labute approximate surface area is 361 Å². The van der Waals surface area contributed by atoms with Crippen LogP contribution in [0.1, 0.15) is 0 Å². The molecule has 0 fully saturated rings. The first kappa shape index (κ1) is 35.2. The Hall–Kier alpha value is -8.61. The largest absolute Gasteiger partial charge is 0.456 e. The molecule has 0 spiro atoms. The van der Waals surface area contributed by atoms with Crippen molar-refractivity contribution in [1.29, 1.82) is 0 Å². The van der Waals surface area contributed by atoms with Crippen molar-refractivity contribution in [2.24, 2.45) is 0 Å². The molecule has 0 aliphatic rings. The van der Waals surface area contributed by atoms with Crippen LogP contribution >= 0.6 is 0 Å². The summed E-state index contributed by atoms with van der Waals surface area (Å²) in [6, 6.07) is 71.4. The maximum absolute atomic E-state index is 7.32. The van der Waals surface area contributed by atoms with E-state index in [1.54, 1.807) is 0 Å². The summed E-state index contributed by atoms with van der Waals surface area (Å²) < 4.78 is 16.1. The number of hydrogen-bond acceptors (Lipinski definition) is 5. The molecule has 0 atom stereocenters. The zero-order valence-electron chi connectivity index (χ0n) is 33.7. The third-order valence-electron chi connectivity index (χ3n) is 12.3. The molecule has 0 N–H and O–H groups in total. The second kappa shape index (κ2) is 14.0. The minimum atomic E-state index is 0.561. The number of benzene rings is 9. The summed E-state index contributed by atoms with van der Waals surface area (Å²) in [6.07, 6.45) is 0. The van der Waals surface area contributed by atoms with E-state index in [2.05, 4.69) is 132 Å². The van der Waals surface area contributed by atoms with Gasteiger partial charge in [-0.05, 0) is 71.3 Å². The van der Waals surface area contributed by atoms with Gasteiger partial charge in [-0.15, -0.1) is 0 Å². The van der Waals surface area contributed by atoms with E-state index < -0.39 is 0 Å². The summed E-state index contributed by atoms with van der Waals surface area (Å²) in [6.45, 7) is 0. The molecule has 0 aliphatic heterocycles. The van der Waals surface area contributed by atoms with Crippen molar-refractivity contribution in [2.45, 2.75) is 0 Å². The van der Waals surface area contributed by atoms with Gasteiger partial charge in [0.25, 0.3) is 0 Å². The molecule has 9 aromatic carbocycles. The molecule has 0 aliphatic carbocycles. The first-order valence-corrected chi connectivity index (χ1v) is 21.1. The van der Waals surface area contributed by atoms with Crippen LogP contribution in [0.3, 0.4) is 0 Å². The van der Waals surface area contributed by atoms with Gasteiger partial charge in [-0.25, -0.2) is 15.0 Å². The normalized spacial score (nSPS) is 11.8. The number of aromatic nitrogens is 4. The van der Waals surface area contributed by atoms with Gasteiger partial charge >= 0.3 is 0 Å². The zero-order chi connectivity index (χ0) is 41.4. The van der Waals surface area contributed by atoms with Crippen molar-refractivity contribution in [3.63, 3.8) is 0 Å². The van der Waals surface area contributed by atoms with Crippen LogP contribution in [0.15, 0.2) is 215 Å². The molecule has 0 saturated heterocycles. The van der Waals surface area contributed by atoms with Crippen LogP contribution < -0.4 is 0 Å². The number of nitrogens with zero attached hydrogens (tertiary/aromatic N) is 4. The van der Waals surface area contributed by atoms with E-state index in [-0.39, 0.29) is 0 Å². The van der Waals surface area contributed by atoms with Crippen molar-refractivity contribution in [2.75, 3.05) is 0 Å². The Kier molecular flexibility index (Phi) is 7.80. The number of furan rings is 2. The summed E-state index contributed by atoms with van der Waals surface area (Å²) in [7, 11) is 0. The van der Waals surface area contributed by atoms with Crippen LogP contribution in [-0.2, 0) is 0 Å². The van der Waals surface area contributed by atoms with E-state index in [9.17, 15) is 0 Å². The predicted molar refractivity (Wildman–Crippen MR) is 256 cm³/mol. The second-order valence-corrected chi connectivity index (χ2v) is 15.9. The van der Waals surface area contributed by atoms with Crippen molar-refractivity contribution in [1.82, 2.24) is 19.5 Å². The molecule has 4 heterocycles. The lowest BCUT2D eigenvalue weighted by Gasteiger charge is -2.11. The van der Waals surface area contributed by atoms with Gasteiger partial charge in [-0.2, -0.15) is 0 Å². The van der Waals surface area contributed by atoms with E-state index in [4.69, 9.17) is 23.8 Å². The molecule has 0 radical (unpaired) electrons. The van der Waals surface area contributed by atoms with E-state index in [1.807, 2.05) is 78.9 Å². The quantitative estimate of drug-likeness (QED) is 0.167. The smallest absolute Gasteiger partial charge is 0.164 e. The highest BCUT2D eigenvalue weighted by molar-refractivity contribution is 6.19. The molecule has 6 heteroatoms. The van der Waals surface area contributed by atoms with Crippen LogP contribution in [0.4, 0.5) is 0 Å². The lowest BCUT2D eigenvalue weighted by molar-refractivity contribution is 0.667. The predicted octanol–water partition coefficient (Wildman–Crippen LogP) is 15.1. The topological polar surface area (TPSA) is 69.9 Å². The number of rotatable bonds is 6. The molecule has 0 bridgehead atoms. The van der Waals surface area contributed by atoms with Gasteiger partial charge in [-0.3, -0.25) is 0 Å². The maximum atomic E-state index is 7.32. The maximum Gasteiger partial charge on any atom is 0.164 e. The molecule has 4 aromatic heterocycles. The third kappa shape index (κ3) is 5.62. The zero-order valence-corrected chi connectivity index (χ0v) is 33.7. The minimum absolute atomic E-state index is 0.561. The van der Waals surface area contributed by atoms with E-state index in [0.717, 1.165) is 88.4 Å². The second-order valence-electron chi connectivity index (χ2n) is 15.9. The van der Waals surface area contributed by atoms with Gasteiger partial charge in [0.05, 0.1) is 16.7 Å². The number of hydrogen-bond donors (Lipinski definition) is 0. The summed E-state index contributed by atoms with van der Waals surface area (Å²) in [5, 5.41) is 6.39. The number of para-hydroxylation sites is 3. The van der Waals surface area contributed by atoms with E-state index >= 15 is 0 Å². The van der Waals surface area contributed by atoms with Crippen molar-refractivity contribution >= 4 is 65.7 Å². The Balaban J connectivity index is 1.10. The Morgan fingerprint density at radius 1 is 0.317 bits per heavy atom. The molecule has 0 amide bonds. The Morgan fingerprint density at radius 2 is 0.905 bits per heavy atom. The van der Waals surface area contributed by atoms with Crippen LogP contribution in [0.2, 0.25) is 0 Å². The van der Waals surface area contributed by atoms with E-state index in [1.165, 1.54) is 21.9 Å². The highest BCUT2D eigenvalue weighted by atomic mass is 16.3. The van der Waals surface area contributed by atoms with Crippen molar-refractivity contribution in [3.05, 3.63) is 206 Å². The molecular weight excluding hydrogens is 773 g/mol. The van der Waals surface area contributed by atoms with Crippen molar-refractivity contribution in [3.8, 4) is 62.1 Å². The fraction of sp³-hybridized carbons (Fsp3) is 0. The Morgan fingerprint density at radius 3 is 1.67 bits per heavy atom. The fourth-order valence-corrected chi connectivity index (χ4v) is 9.34. The fourth-order valence-electron chi connectivity index (χ4n) is 9.34. The Bertz CT molecular complexity index is 3850. The molecule has 63 heavy (non-hydrogen) atoms. The summed E-state index contributed by atoms with van der Waals surface area (Å²) >= 11 is 0. The van der Waals surface area contributed by atoms with Crippen molar-refractivity contribution < 1.29 is 8.83 Å². The van der Waals surface area contributed by atoms with Gasteiger partial charge < -0.3 is 13.4 Å². The van der Waals surface area contributed by atoms with Gasteiger partial charge in [0.15, 0.2) is 23.1 Å². The van der Waals surface area contributed by atoms with Gasteiger partial charge in [0.2, 0.25) is 0 Å². The number of fused-ring (bicyclic) bond motifs is 9. The molecule has 13 rings (SSSR count). The molecule has 294 valence electrons. The SMILES string of the molecule is c1ccc(-c2ccc3c(c2)c2ccccc2n3-c2cccc3c2oc2c(-c4ccc5c(c4)oc4ccccc45)ccc(-c4nc(-c5ccccc5)nc(-c5ccccc5)n4)c23)cc1. The average Bonchev–Trinajstić information content (AvgIpc) is 4.04. The molecule has 0 saturated carbocycles. The monoisotopic (exact) mass is 806 g/mol. The molecule has 0 unspecified atom stereocenters. The van der Waals surface area contributed by atoms with Gasteiger partial charge in [0.1, 0.15) is 16.7 Å². The first-order chi connectivity index (χ1) is 31.2. The standard InChI is InChI=1S/C57H34N4O2/c1-4-15-35(16-5-1)38-28-32-48-46(33-38)41-21-10-12-24-47(41)61(48)49-25-14-23-44-52-45(57-59-55(36-17-6-2-7-18-36)58-56(60-57)37-19-8-3-9-20-37)31-30-40(54(52)63-53(44)49)39-27-29-43-42-22-11-13-26-50(42)62-51(43)34-39/h1-34H. The highest BCUT2D eigenvalue weighted by Crippen LogP contribution is 2.45. The van der Waals surface area contributed by atoms with Crippen LogP contribution in [-0.4, -0.2) is 19.5 Å². The first-order valence-electron chi connectivity index (χ1n) is 21.1. The van der Waals surface area contributed by atoms with Gasteiger partial charge in [0, 0.05) is 54.6 Å². The minimum Gasteiger partial charge on any atom is -0.456 e. The summed E-state index contributed by atoms with van der Waals surface area (Å²) in [4.78, 5) is 15.4. The van der Waals surface area contributed by atoms with Crippen LogP contribution in [0.5, 0.6) is 0 Å². The molecule has 6 nitrogen and oxygen atoms in total. The van der Waals surface area contributed by atoms with E-state index in [0.29, 0.717) is 17.5 Å². The van der Waals surface area contributed by atoms with Crippen LogP contribution in [0.25, 0.3) is 128 Å². The average molecular weight is 807 g/mol. The lowest BCUT2D eigenvalue weighted by Crippen LogP contribution is -2.00.